The number of hydrogen-bond donors (Lipinski definition) is 1. The first-order valence-electron chi connectivity index (χ1n) is 10.5. The van der Waals surface area contributed by atoms with E-state index in [-0.39, 0.29) is 28.8 Å². The Labute approximate surface area is 201 Å². The smallest absolute Gasteiger partial charge is 0.257 e. The number of aromatic nitrogens is 4. The van der Waals surface area contributed by atoms with Crippen molar-refractivity contribution in [2.45, 2.75) is 0 Å². The van der Waals surface area contributed by atoms with Crippen molar-refractivity contribution in [3.05, 3.63) is 53.3 Å². The topological polar surface area (TPSA) is 115 Å². The number of methoxy groups -OCH3 is 1. The Morgan fingerprint density at radius 3 is 2.59 bits per heavy atom. The van der Waals surface area contributed by atoms with Gasteiger partial charge in [0.25, 0.3) is 5.91 Å². The fourth-order valence-corrected chi connectivity index (χ4v) is 3.85. The third kappa shape index (κ3) is 5.26. The first kappa shape index (κ1) is 23.5. The molecule has 0 spiro atoms. The Morgan fingerprint density at radius 1 is 1.21 bits per heavy atom. The molecule has 2 heterocycles. The largest absolute Gasteiger partial charge is 0.496 e. The van der Waals surface area contributed by atoms with Crippen molar-refractivity contribution in [1.29, 1.82) is 0 Å². The molecule has 1 aliphatic rings. The van der Waals surface area contributed by atoms with E-state index in [0.717, 1.165) is 18.8 Å². The Hall–Kier alpha value is -3.70. The summed E-state index contributed by atoms with van der Waals surface area (Å²) in [5, 5.41) is 14.0. The summed E-state index contributed by atoms with van der Waals surface area (Å²) in [6.45, 7) is 2.93. The number of likely N-dealkylation sites (N-methyl/N-ethyl adjacent to an activating group) is 1. The van der Waals surface area contributed by atoms with Crippen molar-refractivity contribution < 1.29 is 19.1 Å². The van der Waals surface area contributed by atoms with Gasteiger partial charge in [-0.25, -0.2) is 0 Å². The number of carbonyl (C=O) groups excluding carboxylic acids is 2. The van der Waals surface area contributed by atoms with Gasteiger partial charge in [0.15, 0.2) is 0 Å². The fourth-order valence-electron chi connectivity index (χ4n) is 3.60. The van der Waals surface area contributed by atoms with Crippen LogP contribution in [0.5, 0.6) is 5.75 Å². The van der Waals surface area contributed by atoms with E-state index in [1.807, 2.05) is 24.3 Å². The molecule has 0 bridgehead atoms. The van der Waals surface area contributed by atoms with E-state index in [1.165, 1.54) is 36.1 Å². The summed E-state index contributed by atoms with van der Waals surface area (Å²) in [7, 11) is 2.97. The number of halogens is 1. The van der Waals surface area contributed by atoms with Gasteiger partial charge in [-0.15, -0.1) is 5.10 Å². The Bertz CT molecular complexity index is 1150. The number of amides is 2. The van der Waals surface area contributed by atoms with Crippen LogP contribution in [0.25, 0.3) is 5.69 Å². The zero-order chi connectivity index (χ0) is 24.1. The number of benzene rings is 2. The SMILES string of the molecule is COc1cc(-n2cnnn2)c(Cl)cc1C(=O)N(C)CC(=O)Nc1ccc(N2CCOCC2)cc1. The minimum absolute atomic E-state index is 0.153. The molecule has 1 N–H and O–H groups in total. The van der Waals surface area contributed by atoms with E-state index in [2.05, 4.69) is 25.7 Å². The summed E-state index contributed by atoms with van der Waals surface area (Å²) in [6.07, 6.45) is 1.38. The molecule has 12 heteroatoms. The van der Waals surface area contributed by atoms with Crippen LogP contribution in [0.2, 0.25) is 5.02 Å². The highest BCUT2D eigenvalue weighted by atomic mass is 35.5. The number of tetrazole rings is 1. The number of anilines is 2. The standard InChI is InChI=1S/C22H24ClN7O4/c1-28(13-21(31)25-15-3-5-16(6-4-15)29-7-9-34-10-8-29)22(32)17-11-18(23)19(12-20(17)33-2)30-14-24-26-27-30/h3-6,11-12,14H,7-10,13H2,1-2H3,(H,25,31). The van der Waals surface area contributed by atoms with Gasteiger partial charge in [-0.3, -0.25) is 9.59 Å². The number of rotatable bonds is 7. The van der Waals surface area contributed by atoms with Crippen molar-refractivity contribution in [1.82, 2.24) is 25.1 Å². The number of hydrogen-bond acceptors (Lipinski definition) is 8. The fraction of sp³-hybridized carbons (Fsp3) is 0.318. The van der Waals surface area contributed by atoms with Gasteiger partial charge in [-0.2, -0.15) is 4.68 Å². The highest BCUT2D eigenvalue weighted by Gasteiger charge is 2.22. The van der Waals surface area contributed by atoms with Gasteiger partial charge < -0.3 is 24.6 Å². The molecule has 0 unspecified atom stereocenters. The van der Waals surface area contributed by atoms with Crippen LogP contribution in [0.3, 0.4) is 0 Å². The molecule has 1 fully saturated rings. The third-order valence-corrected chi connectivity index (χ3v) is 5.65. The lowest BCUT2D eigenvalue weighted by molar-refractivity contribution is -0.116. The van der Waals surface area contributed by atoms with E-state index in [0.29, 0.717) is 24.6 Å². The van der Waals surface area contributed by atoms with E-state index < -0.39 is 5.91 Å². The van der Waals surface area contributed by atoms with Gasteiger partial charge in [0.1, 0.15) is 12.1 Å². The molecule has 0 saturated carbocycles. The van der Waals surface area contributed by atoms with Crippen LogP contribution in [0.1, 0.15) is 10.4 Å². The van der Waals surface area contributed by atoms with Crippen LogP contribution >= 0.6 is 11.6 Å². The Kier molecular flexibility index (Phi) is 7.24. The monoisotopic (exact) mass is 485 g/mol. The second-order valence-electron chi connectivity index (χ2n) is 7.61. The first-order valence-corrected chi connectivity index (χ1v) is 10.9. The molecule has 0 atom stereocenters. The highest BCUT2D eigenvalue weighted by Crippen LogP contribution is 2.30. The molecule has 3 aromatic rings. The average molecular weight is 486 g/mol. The minimum atomic E-state index is -0.417. The molecule has 11 nitrogen and oxygen atoms in total. The molecule has 1 aliphatic heterocycles. The maximum Gasteiger partial charge on any atom is 0.257 e. The van der Waals surface area contributed by atoms with E-state index in [1.54, 1.807) is 6.07 Å². The predicted molar refractivity (Wildman–Crippen MR) is 126 cm³/mol. The normalized spacial score (nSPS) is 13.4. The molecule has 178 valence electrons. The molecular weight excluding hydrogens is 462 g/mol. The summed E-state index contributed by atoms with van der Waals surface area (Å²) >= 11 is 6.35. The highest BCUT2D eigenvalue weighted by molar-refractivity contribution is 6.33. The Balaban J connectivity index is 1.40. The molecule has 34 heavy (non-hydrogen) atoms. The number of ether oxygens (including phenoxy) is 2. The van der Waals surface area contributed by atoms with E-state index >= 15 is 0 Å². The minimum Gasteiger partial charge on any atom is -0.496 e. The summed E-state index contributed by atoms with van der Waals surface area (Å²) < 4.78 is 12.1. The summed E-state index contributed by atoms with van der Waals surface area (Å²) in [4.78, 5) is 29.1. The van der Waals surface area contributed by atoms with Crippen LogP contribution in [0.15, 0.2) is 42.7 Å². The van der Waals surface area contributed by atoms with Crippen LogP contribution in [0.4, 0.5) is 11.4 Å². The van der Waals surface area contributed by atoms with Crippen molar-refractivity contribution in [3.8, 4) is 11.4 Å². The van der Waals surface area contributed by atoms with Crippen molar-refractivity contribution >= 4 is 34.8 Å². The van der Waals surface area contributed by atoms with Crippen LogP contribution < -0.4 is 15.0 Å². The maximum absolute atomic E-state index is 13.0. The third-order valence-electron chi connectivity index (χ3n) is 5.35. The van der Waals surface area contributed by atoms with Gasteiger partial charge in [-0.1, -0.05) is 11.6 Å². The molecule has 1 saturated heterocycles. The van der Waals surface area contributed by atoms with Gasteiger partial charge in [0.05, 0.1) is 43.1 Å². The van der Waals surface area contributed by atoms with Gasteiger partial charge >= 0.3 is 0 Å². The molecule has 2 amide bonds. The average Bonchev–Trinajstić information content (AvgIpc) is 3.39. The number of carbonyl (C=O) groups is 2. The van der Waals surface area contributed by atoms with Crippen molar-refractivity contribution in [2.75, 3.05) is 57.2 Å². The summed E-state index contributed by atoms with van der Waals surface area (Å²) in [5.74, 6) is -0.462. The summed E-state index contributed by atoms with van der Waals surface area (Å²) in [6, 6.07) is 10.6. The van der Waals surface area contributed by atoms with Gasteiger partial charge in [0.2, 0.25) is 5.91 Å². The van der Waals surface area contributed by atoms with Crippen LogP contribution in [-0.2, 0) is 9.53 Å². The predicted octanol–water partition coefficient (Wildman–Crippen LogP) is 1.87. The molecule has 0 radical (unpaired) electrons. The van der Waals surface area contributed by atoms with Crippen LogP contribution in [0, 0.1) is 0 Å². The maximum atomic E-state index is 13.0. The van der Waals surface area contributed by atoms with E-state index in [4.69, 9.17) is 21.1 Å². The number of morpholine rings is 1. The van der Waals surface area contributed by atoms with Crippen molar-refractivity contribution in [3.63, 3.8) is 0 Å². The molecule has 2 aromatic carbocycles. The quantitative estimate of drug-likeness (QED) is 0.539. The summed E-state index contributed by atoms with van der Waals surface area (Å²) in [5.41, 5.74) is 2.40. The van der Waals surface area contributed by atoms with Gasteiger partial charge in [0, 0.05) is 37.6 Å². The van der Waals surface area contributed by atoms with Crippen molar-refractivity contribution in [2.24, 2.45) is 0 Å². The van der Waals surface area contributed by atoms with Crippen LogP contribution in [-0.4, -0.2) is 83.9 Å². The lowest BCUT2D eigenvalue weighted by Gasteiger charge is -2.28. The molecule has 1 aromatic heterocycles. The lowest BCUT2D eigenvalue weighted by atomic mass is 10.1. The zero-order valence-corrected chi connectivity index (χ0v) is 19.5. The second-order valence-corrected chi connectivity index (χ2v) is 8.02. The molecule has 4 rings (SSSR count). The number of nitrogens with one attached hydrogen (secondary N) is 1. The second kappa shape index (κ2) is 10.5. The van der Waals surface area contributed by atoms with E-state index in [9.17, 15) is 9.59 Å². The molecule has 0 aliphatic carbocycles. The zero-order valence-electron chi connectivity index (χ0n) is 18.8. The lowest BCUT2D eigenvalue weighted by Crippen LogP contribution is -2.36. The number of nitrogens with zero attached hydrogens (tertiary/aromatic N) is 6. The first-order chi connectivity index (χ1) is 16.5. The molecular formula is C22H24ClN7O4. The Morgan fingerprint density at radius 2 is 1.94 bits per heavy atom. The van der Waals surface area contributed by atoms with Gasteiger partial charge in [-0.05, 0) is 40.8 Å².